The number of esters is 1. The zero-order valence-corrected chi connectivity index (χ0v) is 19.3. The molecule has 6 nitrogen and oxygen atoms in total. The number of carbonyl (C=O) groups is 1. The van der Waals surface area contributed by atoms with Crippen molar-refractivity contribution in [2.24, 2.45) is 22.2 Å². The number of aryl methyl sites for hydroxylation is 1. The third kappa shape index (κ3) is 3.25. The summed E-state index contributed by atoms with van der Waals surface area (Å²) in [6, 6.07) is 4.60. The maximum absolute atomic E-state index is 11.7. The van der Waals surface area contributed by atoms with E-state index in [9.17, 15) is 4.79 Å². The van der Waals surface area contributed by atoms with Gasteiger partial charge in [-0.25, -0.2) is 4.99 Å². The van der Waals surface area contributed by atoms with E-state index in [1.165, 1.54) is 30.4 Å². The molecule has 1 aromatic rings. The number of hydrogen-bond acceptors (Lipinski definition) is 6. The summed E-state index contributed by atoms with van der Waals surface area (Å²) in [5.41, 5.74) is 4.07. The van der Waals surface area contributed by atoms with Crippen LogP contribution in [0.15, 0.2) is 17.1 Å². The Morgan fingerprint density at radius 1 is 1.19 bits per heavy atom. The standard InChI is InChI=1S/C26H34N2O4/c1-16(29)32-24-6-5-21-19-4-3-17-13-23-22(14-20(17)18(19)7-8-26(21,24)2)27-25(15-31-23)28-9-11-30-12-10-28/h13-14,18-19,21,24H,3-12,15H2,1-2H3/t18-,19+,21-,24-,26-/m0/s1. The average molecular weight is 439 g/mol. The fraction of sp³-hybridized carbons (Fsp3) is 0.692. The van der Waals surface area contributed by atoms with E-state index < -0.39 is 0 Å². The maximum Gasteiger partial charge on any atom is 0.302 e. The van der Waals surface area contributed by atoms with E-state index >= 15 is 0 Å². The maximum atomic E-state index is 11.7. The molecule has 0 bridgehead atoms. The molecule has 0 amide bonds. The molecule has 0 radical (unpaired) electrons. The van der Waals surface area contributed by atoms with Crippen LogP contribution in [0.4, 0.5) is 5.69 Å². The van der Waals surface area contributed by atoms with Crippen molar-refractivity contribution in [3.63, 3.8) is 0 Å². The van der Waals surface area contributed by atoms with Crippen LogP contribution >= 0.6 is 0 Å². The summed E-state index contributed by atoms with van der Waals surface area (Å²) in [4.78, 5) is 19.0. The van der Waals surface area contributed by atoms with Gasteiger partial charge in [0.25, 0.3) is 0 Å². The van der Waals surface area contributed by atoms with Gasteiger partial charge in [0, 0.05) is 25.4 Å². The Hall–Kier alpha value is -2.08. The number of nitrogens with zero attached hydrogens (tertiary/aromatic N) is 2. The molecule has 1 aromatic carbocycles. The molecule has 5 atom stereocenters. The lowest BCUT2D eigenvalue weighted by atomic mass is 9.55. The summed E-state index contributed by atoms with van der Waals surface area (Å²) in [5.74, 6) is 3.74. The molecule has 2 heterocycles. The van der Waals surface area contributed by atoms with E-state index in [4.69, 9.17) is 19.2 Å². The second-order valence-corrected chi connectivity index (χ2v) is 10.6. The van der Waals surface area contributed by atoms with E-state index in [0.29, 0.717) is 24.4 Å². The van der Waals surface area contributed by atoms with E-state index in [1.807, 2.05) is 0 Å². The Bertz CT molecular complexity index is 953. The van der Waals surface area contributed by atoms with Gasteiger partial charge in [-0.15, -0.1) is 0 Å². The fourth-order valence-corrected chi connectivity index (χ4v) is 7.43. The van der Waals surface area contributed by atoms with Crippen molar-refractivity contribution >= 4 is 17.5 Å². The monoisotopic (exact) mass is 438 g/mol. The predicted molar refractivity (Wildman–Crippen MR) is 122 cm³/mol. The Labute approximate surface area is 190 Å². The second kappa shape index (κ2) is 7.75. The molecule has 32 heavy (non-hydrogen) atoms. The van der Waals surface area contributed by atoms with Crippen molar-refractivity contribution in [2.45, 2.75) is 64.4 Å². The molecule has 5 aliphatic rings. The molecule has 0 unspecified atom stereocenters. The van der Waals surface area contributed by atoms with E-state index in [0.717, 1.165) is 62.8 Å². The van der Waals surface area contributed by atoms with Crippen LogP contribution in [0.25, 0.3) is 0 Å². The van der Waals surface area contributed by atoms with Crippen molar-refractivity contribution in [3.05, 3.63) is 23.3 Å². The minimum absolute atomic E-state index is 0.0879. The summed E-state index contributed by atoms with van der Waals surface area (Å²) < 4.78 is 17.5. The van der Waals surface area contributed by atoms with Crippen LogP contribution in [0.5, 0.6) is 5.75 Å². The van der Waals surface area contributed by atoms with Crippen LogP contribution in [-0.2, 0) is 20.7 Å². The number of morpholine rings is 1. The first-order valence-electron chi connectivity index (χ1n) is 12.4. The highest BCUT2D eigenvalue weighted by atomic mass is 16.5. The van der Waals surface area contributed by atoms with Crippen LogP contribution < -0.4 is 4.74 Å². The number of rotatable bonds is 1. The largest absolute Gasteiger partial charge is 0.483 e. The van der Waals surface area contributed by atoms with Gasteiger partial charge in [-0.1, -0.05) is 6.92 Å². The van der Waals surface area contributed by atoms with E-state index in [-0.39, 0.29) is 17.5 Å². The number of carbonyl (C=O) groups excluding carboxylic acids is 1. The molecular formula is C26H34N2O4. The highest BCUT2D eigenvalue weighted by Gasteiger charge is 2.56. The summed E-state index contributed by atoms with van der Waals surface area (Å²) in [6.07, 6.45) is 6.92. The Morgan fingerprint density at radius 3 is 2.84 bits per heavy atom. The lowest BCUT2D eigenvalue weighted by Gasteiger charge is -2.50. The third-order valence-corrected chi connectivity index (χ3v) is 9.01. The normalized spacial score (nSPS) is 35.6. The highest BCUT2D eigenvalue weighted by Crippen LogP contribution is 2.62. The van der Waals surface area contributed by atoms with Gasteiger partial charge in [0.1, 0.15) is 30.0 Å². The minimum Gasteiger partial charge on any atom is -0.483 e. The summed E-state index contributed by atoms with van der Waals surface area (Å²) in [6.45, 7) is 7.77. The van der Waals surface area contributed by atoms with Crippen LogP contribution in [0.1, 0.15) is 63.0 Å². The van der Waals surface area contributed by atoms with Crippen LogP contribution in [0.2, 0.25) is 0 Å². The summed E-state index contributed by atoms with van der Waals surface area (Å²) in [7, 11) is 0. The van der Waals surface area contributed by atoms with Gasteiger partial charge >= 0.3 is 5.97 Å². The molecule has 3 aliphatic carbocycles. The molecule has 2 saturated carbocycles. The number of ether oxygens (including phenoxy) is 3. The van der Waals surface area contributed by atoms with Gasteiger partial charge in [0.15, 0.2) is 0 Å². The number of fused-ring (bicyclic) bond motifs is 6. The fourth-order valence-electron chi connectivity index (χ4n) is 7.43. The lowest BCUT2D eigenvalue weighted by Crippen LogP contribution is -2.45. The van der Waals surface area contributed by atoms with Crippen molar-refractivity contribution in [1.82, 2.24) is 4.90 Å². The van der Waals surface area contributed by atoms with Gasteiger partial charge < -0.3 is 19.1 Å². The smallest absolute Gasteiger partial charge is 0.302 e. The number of hydrogen-bond donors (Lipinski definition) is 0. The van der Waals surface area contributed by atoms with Gasteiger partial charge in [0.05, 0.1) is 13.2 Å². The highest BCUT2D eigenvalue weighted by molar-refractivity contribution is 5.89. The summed E-state index contributed by atoms with van der Waals surface area (Å²) >= 11 is 0. The zero-order chi connectivity index (χ0) is 21.9. The van der Waals surface area contributed by atoms with Gasteiger partial charge in [-0.05, 0) is 79.5 Å². The first kappa shape index (κ1) is 20.5. The predicted octanol–water partition coefficient (Wildman–Crippen LogP) is 4.23. The molecule has 6 rings (SSSR count). The lowest BCUT2D eigenvalue weighted by molar-refractivity contribution is -0.154. The number of benzene rings is 1. The Kier molecular flexibility index (Phi) is 4.97. The number of amidine groups is 1. The zero-order valence-electron chi connectivity index (χ0n) is 19.3. The molecular weight excluding hydrogens is 404 g/mol. The Morgan fingerprint density at radius 2 is 2.03 bits per heavy atom. The minimum atomic E-state index is -0.131. The van der Waals surface area contributed by atoms with Crippen LogP contribution in [-0.4, -0.2) is 55.7 Å². The SMILES string of the molecule is CC(=O)O[C@H]1CC[C@H]2[C@@H]3CCc4cc5c(cc4[C@H]3CC[C@]12C)N=C(N1CCOCC1)CO5. The molecule has 0 N–H and O–H groups in total. The van der Waals surface area contributed by atoms with Crippen molar-refractivity contribution in [3.8, 4) is 5.75 Å². The van der Waals surface area contributed by atoms with Gasteiger partial charge in [-0.2, -0.15) is 0 Å². The molecule has 2 aliphatic heterocycles. The van der Waals surface area contributed by atoms with E-state index in [1.54, 1.807) is 6.92 Å². The first-order valence-corrected chi connectivity index (χ1v) is 12.4. The number of aliphatic imine (C=N–C) groups is 1. The molecule has 0 aromatic heterocycles. The van der Waals surface area contributed by atoms with E-state index in [2.05, 4.69) is 24.0 Å². The van der Waals surface area contributed by atoms with Crippen molar-refractivity contribution in [2.75, 3.05) is 32.9 Å². The van der Waals surface area contributed by atoms with Crippen LogP contribution in [0, 0.1) is 17.3 Å². The van der Waals surface area contributed by atoms with Crippen molar-refractivity contribution < 1.29 is 19.0 Å². The van der Waals surface area contributed by atoms with Gasteiger partial charge in [-0.3, -0.25) is 4.79 Å². The Balaban J connectivity index is 1.29. The molecule has 0 spiro atoms. The molecule has 6 heteroatoms. The topological polar surface area (TPSA) is 60.4 Å². The van der Waals surface area contributed by atoms with Crippen LogP contribution in [0.3, 0.4) is 0 Å². The average Bonchev–Trinajstić information content (AvgIpc) is 3.13. The molecule has 3 fully saturated rings. The quantitative estimate of drug-likeness (QED) is 0.614. The first-order chi connectivity index (χ1) is 15.5. The van der Waals surface area contributed by atoms with Crippen molar-refractivity contribution in [1.29, 1.82) is 0 Å². The molecule has 1 saturated heterocycles. The molecule has 172 valence electrons. The third-order valence-electron chi connectivity index (χ3n) is 9.01. The summed E-state index contributed by atoms with van der Waals surface area (Å²) in [5, 5.41) is 0. The second-order valence-electron chi connectivity index (χ2n) is 10.6. The van der Waals surface area contributed by atoms with Gasteiger partial charge in [0.2, 0.25) is 0 Å².